The van der Waals surface area contributed by atoms with E-state index in [1.807, 2.05) is 13.8 Å². The fourth-order valence-corrected chi connectivity index (χ4v) is 2.61. The monoisotopic (exact) mass is 286 g/mol. The Bertz CT molecular complexity index is 553. The van der Waals surface area contributed by atoms with Crippen LogP contribution in [0.5, 0.6) is 0 Å². The molecular weight excluding hydrogens is 273 g/mol. The Morgan fingerprint density at radius 1 is 1.16 bits per heavy atom. The topological polar surface area (TPSA) is 38.9 Å². The Morgan fingerprint density at radius 2 is 1.74 bits per heavy atom. The highest BCUT2D eigenvalue weighted by molar-refractivity contribution is 7.11. The molecule has 0 saturated carbocycles. The number of nitrogens with two attached hydrogens (primary N) is 1. The Hall–Kier alpha value is -1.40. The molecule has 0 fully saturated rings. The molecule has 0 bridgehead atoms. The molecule has 2 nitrogen and oxygen atoms in total. The molecule has 0 aliphatic carbocycles. The van der Waals surface area contributed by atoms with Gasteiger partial charge in [0.15, 0.2) is 0 Å². The molecule has 0 aliphatic heterocycles. The van der Waals surface area contributed by atoms with Crippen LogP contribution in [0.25, 0.3) is 0 Å². The molecule has 6 heteroatoms. The number of benzene rings is 1. The second kappa shape index (κ2) is 4.94. The molecule has 0 spiro atoms. The average molecular weight is 286 g/mol. The van der Waals surface area contributed by atoms with Gasteiger partial charge in [-0.05, 0) is 31.5 Å². The third kappa shape index (κ3) is 2.96. The fraction of sp³-hybridized carbons (Fsp3) is 0.308. The summed E-state index contributed by atoms with van der Waals surface area (Å²) in [6, 6.07) is 4.41. The maximum Gasteiger partial charge on any atom is 0.416 e. The van der Waals surface area contributed by atoms with Crippen molar-refractivity contribution in [3.63, 3.8) is 0 Å². The van der Waals surface area contributed by atoms with Gasteiger partial charge in [-0.3, -0.25) is 0 Å². The Morgan fingerprint density at radius 3 is 2.16 bits per heavy atom. The van der Waals surface area contributed by atoms with Crippen LogP contribution in [0.15, 0.2) is 24.3 Å². The molecule has 1 aromatic heterocycles. The largest absolute Gasteiger partial charge is 0.416 e. The van der Waals surface area contributed by atoms with Crippen molar-refractivity contribution in [2.24, 2.45) is 5.73 Å². The van der Waals surface area contributed by atoms with E-state index < -0.39 is 17.8 Å². The van der Waals surface area contributed by atoms with Crippen LogP contribution in [0.4, 0.5) is 13.2 Å². The van der Waals surface area contributed by atoms with Gasteiger partial charge in [-0.15, -0.1) is 11.3 Å². The normalized spacial score (nSPS) is 13.6. The number of rotatable bonds is 2. The lowest BCUT2D eigenvalue weighted by atomic mass is 10.1. The predicted molar refractivity (Wildman–Crippen MR) is 69.1 cm³/mol. The van der Waals surface area contributed by atoms with E-state index >= 15 is 0 Å². The highest BCUT2D eigenvalue weighted by atomic mass is 32.1. The van der Waals surface area contributed by atoms with Crippen LogP contribution in [-0.2, 0) is 6.18 Å². The minimum atomic E-state index is -4.32. The van der Waals surface area contributed by atoms with Crippen LogP contribution in [0.2, 0.25) is 0 Å². The van der Waals surface area contributed by atoms with Gasteiger partial charge in [-0.25, -0.2) is 4.98 Å². The molecule has 0 radical (unpaired) electrons. The van der Waals surface area contributed by atoms with E-state index in [-0.39, 0.29) is 0 Å². The van der Waals surface area contributed by atoms with E-state index in [0.717, 1.165) is 27.7 Å². The number of aryl methyl sites for hydroxylation is 2. The van der Waals surface area contributed by atoms with Crippen molar-refractivity contribution < 1.29 is 13.2 Å². The molecule has 2 aromatic rings. The first-order valence-corrected chi connectivity index (χ1v) is 6.47. The summed E-state index contributed by atoms with van der Waals surface area (Å²) in [4.78, 5) is 5.40. The predicted octanol–water partition coefficient (Wildman–Crippen LogP) is 3.83. The van der Waals surface area contributed by atoms with Gasteiger partial charge >= 0.3 is 6.18 Å². The molecule has 1 unspecified atom stereocenters. The van der Waals surface area contributed by atoms with E-state index in [1.165, 1.54) is 23.5 Å². The molecular formula is C13H13F3N2S. The number of alkyl halides is 3. The summed E-state index contributed by atoms with van der Waals surface area (Å²) < 4.78 is 37.4. The first kappa shape index (κ1) is 14.0. The smallest absolute Gasteiger partial charge is 0.318 e. The third-order valence-electron chi connectivity index (χ3n) is 2.91. The molecule has 2 rings (SSSR count). The lowest BCUT2D eigenvalue weighted by molar-refractivity contribution is -0.137. The van der Waals surface area contributed by atoms with Crippen molar-refractivity contribution >= 4 is 11.3 Å². The first-order valence-electron chi connectivity index (χ1n) is 5.65. The molecule has 1 heterocycles. The second-order valence-corrected chi connectivity index (χ2v) is 5.53. The van der Waals surface area contributed by atoms with Gasteiger partial charge in [0.25, 0.3) is 0 Å². The molecule has 1 aromatic carbocycles. The number of nitrogens with zero attached hydrogens (tertiary/aromatic N) is 1. The van der Waals surface area contributed by atoms with Gasteiger partial charge in [0, 0.05) is 4.88 Å². The number of halogens is 3. The zero-order valence-corrected chi connectivity index (χ0v) is 11.3. The number of thiazole rings is 1. The highest BCUT2D eigenvalue weighted by Crippen LogP contribution is 2.31. The molecule has 0 saturated heterocycles. The fourth-order valence-electron chi connectivity index (χ4n) is 1.65. The maximum atomic E-state index is 12.5. The lowest BCUT2D eigenvalue weighted by Gasteiger charge is -2.11. The van der Waals surface area contributed by atoms with Gasteiger partial charge in [-0.2, -0.15) is 13.2 Å². The molecule has 2 N–H and O–H groups in total. The quantitative estimate of drug-likeness (QED) is 0.911. The summed E-state index contributed by atoms with van der Waals surface area (Å²) in [6.07, 6.45) is -4.32. The molecule has 1 atom stereocenters. The summed E-state index contributed by atoms with van der Waals surface area (Å²) in [7, 11) is 0. The second-order valence-electron chi connectivity index (χ2n) is 4.29. The molecule has 0 amide bonds. The molecule has 0 aliphatic rings. The number of aromatic nitrogens is 1. The van der Waals surface area contributed by atoms with Gasteiger partial charge in [-0.1, -0.05) is 12.1 Å². The van der Waals surface area contributed by atoms with E-state index in [1.54, 1.807) is 0 Å². The molecule has 102 valence electrons. The van der Waals surface area contributed by atoms with Crippen LogP contribution in [-0.4, -0.2) is 4.98 Å². The first-order chi connectivity index (χ1) is 8.79. The SMILES string of the molecule is Cc1nc(C(N)c2ccc(C(F)(F)F)cc2)sc1C. The van der Waals surface area contributed by atoms with Crippen molar-refractivity contribution in [2.45, 2.75) is 26.1 Å². The maximum absolute atomic E-state index is 12.5. The summed E-state index contributed by atoms with van der Waals surface area (Å²) in [5.74, 6) is 0. The van der Waals surface area contributed by atoms with Gasteiger partial charge in [0.2, 0.25) is 0 Å². The Balaban J connectivity index is 2.27. The molecule has 19 heavy (non-hydrogen) atoms. The van der Waals surface area contributed by atoms with E-state index in [9.17, 15) is 13.2 Å². The van der Waals surface area contributed by atoms with Crippen molar-refractivity contribution in [3.8, 4) is 0 Å². The lowest BCUT2D eigenvalue weighted by Crippen LogP contribution is -2.12. The van der Waals surface area contributed by atoms with Gasteiger partial charge in [0.05, 0.1) is 17.3 Å². The Labute approximate surface area is 113 Å². The van der Waals surface area contributed by atoms with Crippen LogP contribution >= 0.6 is 11.3 Å². The van der Waals surface area contributed by atoms with Gasteiger partial charge < -0.3 is 5.73 Å². The summed E-state index contributed by atoms with van der Waals surface area (Å²) in [6.45, 7) is 3.82. The van der Waals surface area contributed by atoms with E-state index in [0.29, 0.717) is 5.56 Å². The van der Waals surface area contributed by atoms with E-state index in [4.69, 9.17) is 5.73 Å². The summed E-state index contributed by atoms with van der Waals surface area (Å²) in [5.41, 5.74) is 6.88. The Kier molecular flexibility index (Phi) is 3.64. The average Bonchev–Trinajstić information content (AvgIpc) is 2.68. The number of hydrogen-bond acceptors (Lipinski definition) is 3. The highest BCUT2D eigenvalue weighted by Gasteiger charge is 2.30. The van der Waals surface area contributed by atoms with Crippen molar-refractivity contribution in [2.75, 3.05) is 0 Å². The standard InChI is InChI=1S/C13H13F3N2S/c1-7-8(2)19-12(18-7)11(17)9-3-5-10(6-4-9)13(14,15)16/h3-6,11H,17H2,1-2H3. The summed E-state index contributed by atoms with van der Waals surface area (Å²) in [5, 5.41) is 0.717. The third-order valence-corrected chi connectivity index (χ3v) is 4.06. The zero-order valence-electron chi connectivity index (χ0n) is 10.5. The minimum Gasteiger partial charge on any atom is -0.318 e. The van der Waals surface area contributed by atoms with Crippen LogP contribution in [0.1, 0.15) is 32.7 Å². The van der Waals surface area contributed by atoms with Crippen LogP contribution in [0, 0.1) is 13.8 Å². The van der Waals surface area contributed by atoms with Crippen LogP contribution in [0.3, 0.4) is 0 Å². The van der Waals surface area contributed by atoms with Crippen molar-refractivity contribution in [3.05, 3.63) is 51.0 Å². The van der Waals surface area contributed by atoms with Crippen molar-refractivity contribution in [1.82, 2.24) is 4.98 Å². The zero-order chi connectivity index (χ0) is 14.2. The minimum absolute atomic E-state index is 0.486. The summed E-state index contributed by atoms with van der Waals surface area (Å²) >= 11 is 1.47. The van der Waals surface area contributed by atoms with Crippen molar-refractivity contribution in [1.29, 1.82) is 0 Å². The van der Waals surface area contributed by atoms with Gasteiger partial charge in [0.1, 0.15) is 5.01 Å². The van der Waals surface area contributed by atoms with Crippen LogP contribution < -0.4 is 5.73 Å². The number of hydrogen-bond donors (Lipinski definition) is 1. The van der Waals surface area contributed by atoms with E-state index in [2.05, 4.69) is 4.98 Å².